The third-order valence-corrected chi connectivity index (χ3v) is 4.90. The van der Waals surface area contributed by atoms with E-state index in [1.807, 2.05) is 6.07 Å². The molecule has 2 aromatic rings. The van der Waals surface area contributed by atoms with E-state index < -0.39 is 22.7 Å². The van der Waals surface area contributed by atoms with Crippen LogP contribution in [0.25, 0.3) is 0 Å². The minimum Gasteiger partial charge on any atom is -0.480 e. The number of carboxylic acids is 1. The van der Waals surface area contributed by atoms with Crippen molar-refractivity contribution in [3.8, 4) is 0 Å². The van der Waals surface area contributed by atoms with Gasteiger partial charge in [-0.3, -0.25) is 14.4 Å². The lowest BCUT2D eigenvalue weighted by atomic mass is 9.95. The van der Waals surface area contributed by atoms with Crippen molar-refractivity contribution in [2.75, 3.05) is 10.6 Å². The Balaban J connectivity index is 1.73. The molecule has 2 amide bonds. The van der Waals surface area contributed by atoms with Crippen LogP contribution in [0.5, 0.6) is 0 Å². The molecule has 0 aromatic heterocycles. The Kier molecular flexibility index (Phi) is 4.28. The van der Waals surface area contributed by atoms with Gasteiger partial charge in [0.1, 0.15) is 0 Å². The van der Waals surface area contributed by atoms with Gasteiger partial charge in [0, 0.05) is 16.9 Å². The molecule has 3 N–H and O–H groups in total. The van der Waals surface area contributed by atoms with Crippen LogP contribution in [0.4, 0.5) is 11.4 Å². The van der Waals surface area contributed by atoms with Crippen LogP contribution in [0.3, 0.4) is 0 Å². The average molecular weight is 352 g/mol. The molecule has 1 aliphatic carbocycles. The van der Waals surface area contributed by atoms with Gasteiger partial charge >= 0.3 is 5.97 Å². The van der Waals surface area contributed by atoms with E-state index in [0.717, 1.165) is 0 Å². The van der Waals surface area contributed by atoms with Gasteiger partial charge < -0.3 is 15.7 Å². The maximum atomic E-state index is 12.5. The van der Waals surface area contributed by atoms with Crippen molar-refractivity contribution in [3.05, 3.63) is 60.2 Å². The van der Waals surface area contributed by atoms with Crippen LogP contribution < -0.4 is 10.6 Å². The average Bonchev–Trinajstić information content (AvgIpc) is 3.20. The molecule has 0 radical (unpaired) electrons. The number of carboxylic acid groups (broad SMARTS) is 1. The van der Waals surface area contributed by atoms with E-state index in [-0.39, 0.29) is 5.91 Å². The highest BCUT2D eigenvalue weighted by atomic mass is 16.4. The molecule has 0 bridgehead atoms. The molecule has 134 valence electrons. The topological polar surface area (TPSA) is 95.5 Å². The summed E-state index contributed by atoms with van der Waals surface area (Å²) in [6.45, 7) is 3.52. The summed E-state index contributed by atoms with van der Waals surface area (Å²) < 4.78 is 0. The van der Waals surface area contributed by atoms with E-state index in [9.17, 15) is 19.5 Å². The number of carbonyl (C=O) groups is 3. The van der Waals surface area contributed by atoms with Gasteiger partial charge in [-0.15, -0.1) is 0 Å². The second-order valence-electron chi connectivity index (χ2n) is 7.13. The molecule has 6 nitrogen and oxygen atoms in total. The van der Waals surface area contributed by atoms with Crippen molar-refractivity contribution < 1.29 is 19.5 Å². The van der Waals surface area contributed by atoms with E-state index >= 15 is 0 Å². The zero-order valence-electron chi connectivity index (χ0n) is 14.6. The monoisotopic (exact) mass is 352 g/mol. The Morgan fingerprint density at radius 3 is 2.04 bits per heavy atom. The molecule has 0 spiro atoms. The predicted octanol–water partition coefficient (Wildman–Crippen LogP) is 3.38. The Bertz CT molecular complexity index is 876. The fraction of sp³-hybridized carbons (Fsp3) is 0.250. The molecular weight excluding hydrogens is 332 g/mol. The Morgan fingerprint density at radius 1 is 0.923 bits per heavy atom. The van der Waals surface area contributed by atoms with E-state index in [2.05, 4.69) is 10.6 Å². The minimum atomic E-state index is -1.41. The number of anilines is 2. The first-order chi connectivity index (χ1) is 12.3. The SMILES string of the molecule is CC1(C)CC1(C(=O)O)C(=O)Nc1cccc(NC(=O)c2ccccc2)c1. The fourth-order valence-corrected chi connectivity index (χ4v) is 3.17. The molecule has 1 saturated carbocycles. The van der Waals surface area contributed by atoms with Gasteiger partial charge in [-0.25, -0.2) is 0 Å². The summed E-state index contributed by atoms with van der Waals surface area (Å²) in [5.74, 6) is -1.92. The van der Waals surface area contributed by atoms with Crippen molar-refractivity contribution in [1.29, 1.82) is 0 Å². The second kappa shape index (κ2) is 6.29. The Labute approximate surface area is 151 Å². The van der Waals surface area contributed by atoms with E-state index in [0.29, 0.717) is 23.4 Å². The van der Waals surface area contributed by atoms with Gasteiger partial charge in [0.25, 0.3) is 5.91 Å². The summed E-state index contributed by atoms with van der Waals surface area (Å²) in [7, 11) is 0. The smallest absolute Gasteiger partial charge is 0.319 e. The van der Waals surface area contributed by atoms with Gasteiger partial charge in [0.2, 0.25) is 5.91 Å². The van der Waals surface area contributed by atoms with Gasteiger partial charge in [0.05, 0.1) is 0 Å². The quantitative estimate of drug-likeness (QED) is 0.719. The highest BCUT2D eigenvalue weighted by Gasteiger charge is 2.72. The third kappa shape index (κ3) is 3.06. The maximum absolute atomic E-state index is 12.5. The van der Waals surface area contributed by atoms with Crippen LogP contribution in [0.15, 0.2) is 54.6 Å². The maximum Gasteiger partial charge on any atom is 0.319 e. The summed E-state index contributed by atoms with van der Waals surface area (Å²) >= 11 is 0. The zero-order chi connectivity index (χ0) is 18.9. The second-order valence-corrected chi connectivity index (χ2v) is 7.13. The number of nitrogens with one attached hydrogen (secondary N) is 2. The van der Waals surface area contributed by atoms with Crippen molar-refractivity contribution in [2.24, 2.45) is 10.8 Å². The van der Waals surface area contributed by atoms with Gasteiger partial charge in [0.15, 0.2) is 5.41 Å². The summed E-state index contributed by atoms with van der Waals surface area (Å²) in [6.07, 6.45) is 0.297. The first-order valence-corrected chi connectivity index (χ1v) is 8.28. The van der Waals surface area contributed by atoms with Crippen molar-refractivity contribution >= 4 is 29.2 Å². The molecule has 26 heavy (non-hydrogen) atoms. The molecule has 2 aromatic carbocycles. The van der Waals surface area contributed by atoms with Crippen molar-refractivity contribution in [3.63, 3.8) is 0 Å². The molecule has 0 heterocycles. The first-order valence-electron chi connectivity index (χ1n) is 8.28. The summed E-state index contributed by atoms with van der Waals surface area (Å²) in [5, 5.41) is 14.9. The van der Waals surface area contributed by atoms with Crippen molar-refractivity contribution in [2.45, 2.75) is 20.3 Å². The number of benzene rings is 2. The van der Waals surface area contributed by atoms with E-state index in [1.54, 1.807) is 62.4 Å². The van der Waals surface area contributed by atoms with Crippen LogP contribution in [0.1, 0.15) is 30.6 Å². The number of amides is 2. The van der Waals surface area contributed by atoms with E-state index in [1.165, 1.54) is 0 Å². The molecule has 0 saturated heterocycles. The standard InChI is InChI=1S/C20H20N2O4/c1-19(2)12-20(19,18(25)26)17(24)22-15-10-6-9-14(11-15)21-16(23)13-7-4-3-5-8-13/h3-11H,12H2,1-2H3,(H,21,23)(H,22,24)(H,25,26). The number of rotatable bonds is 5. The van der Waals surface area contributed by atoms with Crippen LogP contribution in [-0.4, -0.2) is 22.9 Å². The molecule has 6 heteroatoms. The Hall–Kier alpha value is -3.15. The fourth-order valence-electron chi connectivity index (χ4n) is 3.17. The third-order valence-electron chi connectivity index (χ3n) is 4.90. The van der Waals surface area contributed by atoms with Gasteiger partial charge in [-0.2, -0.15) is 0 Å². The molecule has 1 fully saturated rings. The minimum absolute atomic E-state index is 0.264. The summed E-state index contributed by atoms with van der Waals surface area (Å²) in [5.41, 5.74) is -0.523. The molecule has 3 rings (SSSR count). The lowest BCUT2D eigenvalue weighted by molar-refractivity contribution is -0.149. The van der Waals surface area contributed by atoms with Gasteiger partial charge in [-0.1, -0.05) is 38.1 Å². The molecular formula is C20H20N2O4. The largest absolute Gasteiger partial charge is 0.480 e. The molecule has 1 atom stereocenters. The molecule has 1 aliphatic rings. The van der Waals surface area contributed by atoms with Crippen LogP contribution >= 0.6 is 0 Å². The summed E-state index contributed by atoms with van der Waals surface area (Å²) in [6, 6.07) is 15.4. The van der Waals surface area contributed by atoms with Crippen LogP contribution in [-0.2, 0) is 9.59 Å². The number of aliphatic carboxylic acids is 1. The first kappa shape index (κ1) is 17.7. The number of carbonyl (C=O) groups excluding carboxylic acids is 2. The van der Waals surface area contributed by atoms with Crippen LogP contribution in [0, 0.1) is 10.8 Å². The van der Waals surface area contributed by atoms with Crippen molar-refractivity contribution in [1.82, 2.24) is 0 Å². The van der Waals surface area contributed by atoms with Crippen LogP contribution in [0.2, 0.25) is 0 Å². The normalized spacial score (nSPS) is 20.1. The van der Waals surface area contributed by atoms with Gasteiger partial charge in [-0.05, 0) is 42.2 Å². The highest BCUT2D eigenvalue weighted by molar-refractivity contribution is 6.12. The lowest BCUT2D eigenvalue weighted by Crippen LogP contribution is -2.35. The zero-order valence-corrected chi connectivity index (χ0v) is 14.6. The predicted molar refractivity (Wildman–Crippen MR) is 97.9 cm³/mol. The number of hydrogen-bond donors (Lipinski definition) is 3. The number of hydrogen-bond acceptors (Lipinski definition) is 3. The van der Waals surface area contributed by atoms with E-state index in [4.69, 9.17) is 0 Å². The Morgan fingerprint density at radius 2 is 1.50 bits per heavy atom. The highest BCUT2D eigenvalue weighted by Crippen LogP contribution is 2.64. The summed E-state index contributed by atoms with van der Waals surface area (Å²) in [4.78, 5) is 36.3. The molecule has 1 unspecified atom stereocenters. The molecule has 0 aliphatic heterocycles. The lowest BCUT2D eigenvalue weighted by Gasteiger charge is -2.16.